The first-order valence-corrected chi connectivity index (χ1v) is 7.98. The van der Waals surface area contributed by atoms with Crippen molar-refractivity contribution in [3.63, 3.8) is 0 Å². The van der Waals surface area contributed by atoms with Crippen LogP contribution in [0.1, 0.15) is 65.7 Å². The van der Waals surface area contributed by atoms with Gasteiger partial charge in [-0.05, 0) is 56.3 Å². The summed E-state index contributed by atoms with van der Waals surface area (Å²) in [5.41, 5.74) is 0.923. The molecule has 0 radical (unpaired) electrons. The van der Waals surface area contributed by atoms with Gasteiger partial charge in [0.2, 0.25) is 0 Å². The van der Waals surface area contributed by atoms with Crippen LogP contribution in [0, 0.1) is 17.8 Å². The molecule has 0 bridgehead atoms. The fourth-order valence-corrected chi connectivity index (χ4v) is 3.49. The van der Waals surface area contributed by atoms with Crippen LogP contribution in [0.4, 0.5) is 0 Å². The van der Waals surface area contributed by atoms with Crippen molar-refractivity contribution in [2.24, 2.45) is 17.8 Å². The van der Waals surface area contributed by atoms with E-state index in [-0.39, 0.29) is 12.1 Å². The highest BCUT2D eigenvalue weighted by Gasteiger charge is 2.33. The van der Waals surface area contributed by atoms with Crippen molar-refractivity contribution in [3.05, 3.63) is 11.6 Å². The molecule has 2 rings (SSSR count). The molecule has 0 aromatic heterocycles. The third-order valence-electron chi connectivity index (χ3n) is 4.77. The number of ether oxygens (including phenoxy) is 1. The first kappa shape index (κ1) is 14.6. The van der Waals surface area contributed by atoms with Gasteiger partial charge in [-0.3, -0.25) is 0 Å². The zero-order valence-electron chi connectivity index (χ0n) is 12.7. The summed E-state index contributed by atoms with van der Waals surface area (Å²) in [4.78, 5) is 12.3. The van der Waals surface area contributed by atoms with Crippen LogP contribution in [0.5, 0.6) is 0 Å². The largest absolute Gasteiger partial charge is 0.459 e. The van der Waals surface area contributed by atoms with E-state index in [9.17, 15) is 4.79 Å². The van der Waals surface area contributed by atoms with Gasteiger partial charge in [0.05, 0.1) is 0 Å². The van der Waals surface area contributed by atoms with Crippen LogP contribution in [0.15, 0.2) is 11.6 Å². The van der Waals surface area contributed by atoms with Gasteiger partial charge in [-0.2, -0.15) is 0 Å². The van der Waals surface area contributed by atoms with Crippen LogP contribution in [-0.4, -0.2) is 12.1 Å². The second-order valence-corrected chi connectivity index (χ2v) is 6.75. The summed E-state index contributed by atoms with van der Waals surface area (Å²) in [5.74, 6) is 1.80. The maximum absolute atomic E-state index is 12.3. The van der Waals surface area contributed by atoms with E-state index in [0.717, 1.165) is 31.3 Å². The molecule has 2 aliphatic carbocycles. The molecule has 0 aromatic rings. The minimum Gasteiger partial charge on any atom is -0.459 e. The second-order valence-electron chi connectivity index (χ2n) is 6.75. The topological polar surface area (TPSA) is 26.3 Å². The lowest BCUT2D eigenvalue weighted by molar-refractivity contribution is -0.151. The maximum atomic E-state index is 12.3. The fraction of sp³-hybridized carbons (Fsp3) is 0.824. The van der Waals surface area contributed by atoms with E-state index in [0.29, 0.717) is 17.8 Å². The average molecular weight is 264 g/mol. The lowest BCUT2D eigenvalue weighted by atomic mass is 9.75. The predicted molar refractivity (Wildman–Crippen MR) is 77.8 cm³/mol. The van der Waals surface area contributed by atoms with Crippen LogP contribution in [-0.2, 0) is 9.53 Å². The number of carbonyl (C=O) groups is 1. The normalized spacial score (nSPS) is 32.0. The van der Waals surface area contributed by atoms with E-state index in [1.807, 2.05) is 0 Å². The van der Waals surface area contributed by atoms with Crippen LogP contribution in [0.25, 0.3) is 0 Å². The molecule has 1 fully saturated rings. The number of hydrogen-bond acceptors (Lipinski definition) is 2. The minimum atomic E-state index is -0.0375. The molecule has 0 saturated heterocycles. The predicted octanol–water partition coefficient (Wildman–Crippen LogP) is 4.49. The van der Waals surface area contributed by atoms with Gasteiger partial charge in [0, 0.05) is 5.57 Å². The van der Waals surface area contributed by atoms with Gasteiger partial charge in [-0.1, -0.05) is 33.3 Å². The summed E-state index contributed by atoms with van der Waals surface area (Å²) in [7, 11) is 0. The highest BCUT2D eigenvalue weighted by atomic mass is 16.5. The molecule has 0 aromatic carbocycles. The van der Waals surface area contributed by atoms with E-state index in [2.05, 4.69) is 26.8 Å². The van der Waals surface area contributed by atoms with Crippen molar-refractivity contribution in [1.29, 1.82) is 0 Å². The summed E-state index contributed by atoms with van der Waals surface area (Å²) in [5, 5.41) is 0. The molecule has 0 heterocycles. The Hall–Kier alpha value is -0.790. The van der Waals surface area contributed by atoms with Crippen molar-refractivity contribution in [2.45, 2.75) is 71.8 Å². The van der Waals surface area contributed by atoms with Gasteiger partial charge in [-0.15, -0.1) is 0 Å². The molecule has 0 spiro atoms. The molecule has 1 unspecified atom stereocenters. The Morgan fingerprint density at radius 3 is 2.74 bits per heavy atom. The number of carbonyl (C=O) groups excluding carboxylic acids is 1. The molecule has 2 heteroatoms. The maximum Gasteiger partial charge on any atom is 0.333 e. The highest BCUT2D eigenvalue weighted by Crippen LogP contribution is 2.36. The molecule has 2 nitrogen and oxygen atoms in total. The Morgan fingerprint density at radius 1 is 1.32 bits per heavy atom. The molecule has 2 aliphatic rings. The first-order valence-electron chi connectivity index (χ1n) is 7.98. The van der Waals surface area contributed by atoms with E-state index >= 15 is 0 Å². The zero-order valence-corrected chi connectivity index (χ0v) is 12.7. The average Bonchev–Trinajstić information content (AvgIpc) is 2.39. The SMILES string of the molecule is CC(C)[C@@H]1CC[C@@H](C)CC1OC(=O)C1=CCCCC1. The molecule has 19 heavy (non-hydrogen) atoms. The Balaban J connectivity index is 1.98. The van der Waals surface area contributed by atoms with Crippen molar-refractivity contribution < 1.29 is 9.53 Å². The van der Waals surface area contributed by atoms with Gasteiger partial charge in [0.15, 0.2) is 0 Å². The van der Waals surface area contributed by atoms with Crippen LogP contribution in [0.3, 0.4) is 0 Å². The number of hydrogen-bond donors (Lipinski definition) is 0. The standard InChI is InChI=1S/C17H28O2/c1-12(2)15-10-9-13(3)11-16(15)19-17(18)14-7-5-4-6-8-14/h7,12-13,15-16H,4-6,8-11H2,1-3H3/t13-,15+,16?/m1/s1. The van der Waals surface area contributed by atoms with Gasteiger partial charge in [0.1, 0.15) is 6.10 Å². The lowest BCUT2D eigenvalue weighted by Crippen LogP contribution is -2.36. The lowest BCUT2D eigenvalue weighted by Gasteiger charge is -2.37. The molecule has 0 N–H and O–H groups in total. The van der Waals surface area contributed by atoms with Gasteiger partial charge < -0.3 is 4.74 Å². The number of rotatable bonds is 3. The number of esters is 1. The van der Waals surface area contributed by atoms with Crippen LogP contribution in [0.2, 0.25) is 0 Å². The fourth-order valence-electron chi connectivity index (χ4n) is 3.49. The third kappa shape index (κ3) is 3.84. The molecular weight excluding hydrogens is 236 g/mol. The van der Waals surface area contributed by atoms with Crippen molar-refractivity contribution >= 4 is 5.97 Å². The molecule has 0 amide bonds. The first-order chi connectivity index (χ1) is 9.08. The zero-order chi connectivity index (χ0) is 13.8. The molecule has 108 valence electrons. The van der Waals surface area contributed by atoms with E-state index in [1.165, 1.54) is 19.3 Å². The van der Waals surface area contributed by atoms with Crippen LogP contribution < -0.4 is 0 Å². The highest BCUT2D eigenvalue weighted by molar-refractivity contribution is 5.88. The summed E-state index contributed by atoms with van der Waals surface area (Å²) >= 11 is 0. The van der Waals surface area contributed by atoms with Gasteiger partial charge in [-0.25, -0.2) is 4.79 Å². The van der Waals surface area contributed by atoms with E-state index in [1.54, 1.807) is 0 Å². The summed E-state index contributed by atoms with van der Waals surface area (Å²) in [6, 6.07) is 0. The van der Waals surface area contributed by atoms with Crippen molar-refractivity contribution in [3.8, 4) is 0 Å². The Labute approximate surface area is 117 Å². The summed E-state index contributed by atoms with van der Waals surface area (Å²) in [6.45, 7) is 6.78. The summed E-state index contributed by atoms with van der Waals surface area (Å²) in [6.07, 6.45) is 10.0. The molecular formula is C17H28O2. The van der Waals surface area contributed by atoms with Crippen molar-refractivity contribution in [1.82, 2.24) is 0 Å². The van der Waals surface area contributed by atoms with Gasteiger partial charge in [0.25, 0.3) is 0 Å². The van der Waals surface area contributed by atoms with E-state index in [4.69, 9.17) is 4.74 Å². The molecule has 3 atom stereocenters. The monoisotopic (exact) mass is 264 g/mol. The second kappa shape index (κ2) is 6.58. The quantitative estimate of drug-likeness (QED) is 0.702. The van der Waals surface area contributed by atoms with Gasteiger partial charge >= 0.3 is 5.97 Å². The van der Waals surface area contributed by atoms with Crippen LogP contribution >= 0.6 is 0 Å². The third-order valence-corrected chi connectivity index (χ3v) is 4.77. The minimum absolute atomic E-state index is 0.0375. The smallest absolute Gasteiger partial charge is 0.333 e. The van der Waals surface area contributed by atoms with E-state index < -0.39 is 0 Å². The Kier molecular flexibility index (Phi) is 5.06. The Bertz CT molecular complexity index is 343. The molecule has 1 saturated carbocycles. The summed E-state index contributed by atoms with van der Waals surface area (Å²) < 4.78 is 5.87. The Morgan fingerprint density at radius 2 is 2.11 bits per heavy atom. The van der Waals surface area contributed by atoms with Crippen molar-refractivity contribution in [2.75, 3.05) is 0 Å². The number of allylic oxidation sites excluding steroid dienone is 1. The molecule has 0 aliphatic heterocycles.